The molecule has 4 rings (SSSR count). The molecule has 1 unspecified atom stereocenters. The van der Waals surface area contributed by atoms with Crippen LogP contribution in [0.5, 0.6) is 0 Å². The molecule has 0 spiro atoms. The van der Waals surface area contributed by atoms with E-state index in [1.807, 2.05) is 0 Å². The van der Waals surface area contributed by atoms with Gasteiger partial charge in [-0.15, -0.1) is 0 Å². The lowest BCUT2D eigenvalue weighted by Gasteiger charge is -2.26. The molecule has 2 aliphatic heterocycles. The number of anilines is 2. The van der Waals surface area contributed by atoms with E-state index in [0.29, 0.717) is 17.6 Å². The molecule has 4 heterocycles. The molecule has 0 radical (unpaired) electrons. The summed E-state index contributed by atoms with van der Waals surface area (Å²) in [6.45, 7) is 4.46. The Hall–Kier alpha value is -1.89. The lowest BCUT2D eigenvalue weighted by atomic mass is 10.2. The zero-order valence-corrected chi connectivity index (χ0v) is 11.4. The van der Waals surface area contributed by atoms with Crippen LogP contribution in [0.2, 0.25) is 0 Å². The fourth-order valence-corrected chi connectivity index (χ4v) is 3.46. The molecule has 20 heavy (non-hydrogen) atoms. The number of nitrogens with one attached hydrogen (secondary N) is 1. The fourth-order valence-electron chi connectivity index (χ4n) is 3.46. The molecular formula is C13H19N7. The van der Waals surface area contributed by atoms with E-state index in [-0.39, 0.29) is 0 Å². The summed E-state index contributed by atoms with van der Waals surface area (Å²) in [5.41, 5.74) is 7.37. The molecule has 1 atom stereocenters. The van der Waals surface area contributed by atoms with Crippen LogP contribution in [0.1, 0.15) is 19.3 Å². The molecule has 106 valence electrons. The maximum absolute atomic E-state index is 5.82. The second-order valence-corrected chi connectivity index (χ2v) is 5.64. The van der Waals surface area contributed by atoms with Crippen molar-refractivity contribution in [3.8, 4) is 0 Å². The van der Waals surface area contributed by atoms with Gasteiger partial charge in [0.15, 0.2) is 11.5 Å². The number of nitrogens with zero attached hydrogens (tertiary/aromatic N) is 5. The van der Waals surface area contributed by atoms with E-state index >= 15 is 0 Å². The Labute approximate surface area is 117 Å². The Morgan fingerprint density at radius 1 is 1.20 bits per heavy atom. The third-order valence-corrected chi connectivity index (χ3v) is 4.39. The molecule has 0 saturated carbocycles. The first-order chi connectivity index (χ1) is 9.81. The van der Waals surface area contributed by atoms with Crippen LogP contribution >= 0.6 is 0 Å². The third kappa shape index (κ3) is 1.89. The highest BCUT2D eigenvalue weighted by atomic mass is 15.3. The van der Waals surface area contributed by atoms with Crippen molar-refractivity contribution in [3.05, 3.63) is 6.33 Å². The van der Waals surface area contributed by atoms with Crippen molar-refractivity contribution in [2.75, 3.05) is 36.8 Å². The van der Waals surface area contributed by atoms with Crippen molar-refractivity contribution < 1.29 is 0 Å². The molecule has 0 aliphatic carbocycles. The van der Waals surface area contributed by atoms with E-state index in [4.69, 9.17) is 5.73 Å². The van der Waals surface area contributed by atoms with Crippen molar-refractivity contribution in [2.24, 2.45) is 0 Å². The summed E-state index contributed by atoms with van der Waals surface area (Å²) < 4.78 is 0. The number of rotatable bonds is 1. The molecule has 2 saturated heterocycles. The number of nitrogen functional groups attached to an aromatic ring is 1. The third-order valence-electron chi connectivity index (χ3n) is 4.39. The Morgan fingerprint density at radius 2 is 2.10 bits per heavy atom. The normalized spacial score (nSPS) is 24.0. The van der Waals surface area contributed by atoms with Gasteiger partial charge in [0.25, 0.3) is 0 Å². The van der Waals surface area contributed by atoms with Crippen molar-refractivity contribution >= 4 is 22.9 Å². The highest BCUT2D eigenvalue weighted by molar-refractivity contribution is 5.84. The zero-order valence-electron chi connectivity index (χ0n) is 11.4. The van der Waals surface area contributed by atoms with Gasteiger partial charge in [-0.25, -0.2) is 4.98 Å². The minimum atomic E-state index is 0.298. The van der Waals surface area contributed by atoms with E-state index in [2.05, 4.69) is 29.7 Å². The average molecular weight is 273 g/mol. The Balaban J connectivity index is 1.72. The van der Waals surface area contributed by atoms with Gasteiger partial charge < -0.3 is 15.6 Å². The first kappa shape index (κ1) is 11.9. The first-order valence-corrected chi connectivity index (χ1v) is 7.27. The summed E-state index contributed by atoms with van der Waals surface area (Å²) >= 11 is 0. The monoisotopic (exact) mass is 273 g/mol. The molecule has 7 heteroatoms. The molecule has 2 aromatic heterocycles. The second-order valence-electron chi connectivity index (χ2n) is 5.64. The van der Waals surface area contributed by atoms with E-state index < -0.39 is 0 Å². The number of aromatic nitrogens is 4. The van der Waals surface area contributed by atoms with Crippen LogP contribution < -0.4 is 10.6 Å². The zero-order chi connectivity index (χ0) is 13.5. The molecule has 3 N–H and O–H groups in total. The van der Waals surface area contributed by atoms with Gasteiger partial charge >= 0.3 is 0 Å². The van der Waals surface area contributed by atoms with Gasteiger partial charge in [0, 0.05) is 25.7 Å². The summed E-state index contributed by atoms with van der Waals surface area (Å²) in [5, 5.41) is 0. The summed E-state index contributed by atoms with van der Waals surface area (Å²) in [5.74, 6) is 1.20. The number of H-pyrrole nitrogens is 1. The molecule has 0 bridgehead atoms. The molecule has 2 fully saturated rings. The van der Waals surface area contributed by atoms with Crippen LogP contribution in [0.15, 0.2) is 6.33 Å². The van der Waals surface area contributed by atoms with Crippen LogP contribution in [0.3, 0.4) is 0 Å². The van der Waals surface area contributed by atoms with E-state index in [1.54, 1.807) is 6.33 Å². The van der Waals surface area contributed by atoms with Gasteiger partial charge in [0.05, 0.1) is 6.33 Å². The van der Waals surface area contributed by atoms with Crippen LogP contribution in [0.4, 0.5) is 11.8 Å². The van der Waals surface area contributed by atoms with Gasteiger partial charge in [-0.3, -0.25) is 4.90 Å². The second kappa shape index (κ2) is 4.59. The Kier molecular flexibility index (Phi) is 2.73. The summed E-state index contributed by atoms with van der Waals surface area (Å²) in [4.78, 5) is 20.9. The standard InChI is InChI=1S/C13H19N7/c14-13-17-11-10(15-8-16-11)12(18-13)20-6-2-5-19-4-1-3-9(19)7-20/h8-9H,1-7H2,(H3,14,15,16,17,18). The molecule has 0 amide bonds. The number of nitrogens with two attached hydrogens (primary N) is 1. The Bertz CT molecular complexity index is 622. The highest BCUT2D eigenvalue weighted by Gasteiger charge is 2.30. The van der Waals surface area contributed by atoms with Gasteiger partial charge in [0.1, 0.15) is 5.52 Å². The van der Waals surface area contributed by atoms with Crippen molar-refractivity contribution in [2.45, 2.75) is 25.3 Å². The van der Waals surface area contributed by atoms with Crippen LogP contribution in [-0.2, 0) is 0 Å². The van der Waals surface area contributed by atoms with Crippen molar-refractivity contribution in [1.29, 1.82) is 0 Å². The first-order valence-electron chi connectivity index (χ1n) is 7.27. The minimum Gasteiger partial charge on any atom is -0.368 e. The van der Waals surface area contributed by atoms with E-state index in [1.165, 1.54) is 25.9 Å². The fraction of sp³-hybridized carbons (Fsp3) is 0.615. The van der Waals surface area contributed by atoms with E-state index in [0.717, 1.165) is 30.8 Å². The predicted molar refractivity (Wildman–Crippen MR) is 77.5 cm³/mol. The number of aromatic amines is 1. The average Bonchev–Trinajstić information content (AvgIpc) is 3.02. The highest BCUT2D eigenvalue weighted by Crippen LogP contribution is 2.27. The SMILES string of the molecule is Nc1nc(N2CCCN3CCCC3C2)c2[nH]cnc2n1. The van der Waals surface area contributed by atoms with Crippen LogP contribution in [0.25, 0.3) is 11.2 Å². The Morgan fingerprint density at radius 3 is 3.05 bits per heavy atom. The van der Waals surface area contributed by atoms with Crippen LogP contribution in [-0.4, -0.2) is 57.1 Å². The molecule has 0 aromatic carbocycles. The van der Waals surface area contributed by atoms with Gasteiger partial charge in [-0.1, -0.05) is 0 Å². The number of hydrogen-bond acceptors (Lipinski definition) is 6. The van der Waals surface area contributed by atoms with Gasteiger partial charge in [-0.2, -0.15) is 9.97 Å². The maximum Gasteiger partial charge on any atom is 0.224 e. The largest absolute Gasteiger partial charge is 0.368 e. The quantitative estimate of drug-likeness (QED) is 0.791. The summed E-state index contributed by atoms with van der Waals surface area (Å²) in [6.07, 6.45) is 5.41. The van der Waals surface area contributed by atoms with Crippen molar-refractivity contribution in [3.63, 3.8) is 0 Å². The molecule has 2 aromatic rings. The number of imidazole rings is 1. The summed E-state index contributed by atoms with van der Waals surface area (Å²) in [7, 11) is 0. The minimum absolute atomic E-state index is 0.298. The van der Waals surface area contributed by atoms with Crippen LogP contribution in [0, 0.1) is 0 Å². The topological polar surface area (TPSA) is 87.0 Å². The number of hydrogen-bond donors (Lipinski definition) is 2. The molecule has 2 aliphatic rings. The van der Waals surface area contributed by atoms with Gasteiger partial charge in [0.2, 0.25) is 5.95 Å². The van der Waals surface area contributed by atoms with Gasteiger partial charge in [-0.05, 0) is 25.8 Å². The number of fused-ring (bicyclic) bond motifs is 2. The molecule has 7 nitrogen and oxygen atoms in total. The lowest BCUT2D eigenvalue weighted by molar-refractivity contribution is 0.273. The van der Waals surface area contributed by atoms with E-state index in [9.17, 15) is 0 Å². The summed E-state index contributed by atoms with van der Waals surface area (Å²) in [6, 6.07) is 0.645. The molecular weight excluding hydrogens is 254 g/mol. The maximum atomic E-state index is 5.82. The van der Waals surface area contributed by atoms with Crippen molar-refractivity contribution in [1.82, 2.24) is 24.8 Å². The predicted octanol–water partition coefficient (Wildman–Crippen LogP) is 0.610. The smallest absolute Gasteiger partial charge is 0.224 e. The lowest BCUT2D eigenvalue weighted by Crippen LogP contribution is -2.37.